The molecule has 0 radical (unpaired) electrons. The van der Waals surface area contributed by atoms with Crippen molar-refractivity contribution in [1.82, 2.24) is 15.2 Å². The minimum atomic E-state index is -1.11. The van der Waals surface area contributed by atoms with Crippen LogP contribution in [-0.4, -0.2) is 30.5 Å². The number of hydrogen-bond donors (Lipinski definition) is 3. The van der Waals surface area contributed by atoms with Crippen molar-refractivity contribution < 1.29 is 9.00 Å². The third-order valence-electron chi connectivity index (χ3n) is 4.49. The molecule has 0 bridgehead atoms. The summed E-state index contributed by atoms with van der Waals surface area (Å²) in [5.74, 6) is -0.537. The predicted molar refractivity (Wildman–Crippen MR) is 111 cm³/mol. The van der Waals surface area contributed by atoms with Crippen LogP contribution in [0.4, 0.5) is 11.4 Å². The average Bonchev–Trinajstić information content (AvgIpc) is 3.14. The molecular weight excluding hydrogens is 374 g/mol. The molecule has 4 N–H and O–H groups in total. The van der Waals surface area contributed by atoms with Gasteiger partial charge in [-0.15, -0.1) is 0 Å². The Bertz CT molecular complexity index is 1230. The molecule has 0 saturated heterocycles. The van der Waals surface area contributed by atoms with Gasteiger partial charge in [0.15, 0.2) is 0 Å². The van der Waals surface area contributed by atoms with Crippen molar-refractivity contribution in [3.05, 3.63) is 54.4 Å². The zero-order valence-corrected chi connectivity index (χ0v) is 16.2. The number of nitrogens with zero attached hydrogens (tertiary/aromatic N) is 2. The van der Waals surface area contributed by atoms with E-state index in [1.165, 1.54) is 0 Å². The molecule has 1 amide bonds. The highest BCUT2D eigenvalue weighted by Crippen LogP contribution is 2.30. The number of anilines is 2. The maximum absolute atomic E-state index is 12.5. The van der Waals surface area contributed by atoms with E-state index in [1.807, 2.05) is 38.1 Å². The Kier molecular flexibility index (Phi) is 4.56. The third kappa shape index (κ3) is 3.22. The van der Waals surface area contributed by atoms with Gasteiger partial charge in [0.2, 0.25) is 0 Å². The largest absolute Gasteiger partial charge is 0.366 e. The number of primary amides is 1. The molecule has 1 atom stereocenters. The lowest BCUT2D eigenvalue weighted by molar-refractivity contribution is 0.100. The lowest BCUT2D eigenvalue weighted by Crippen LogP contribution is -2.13. The van der Waals surface area contributed by atoms with E-state index in [9.17, 15) is 9.00 Å². The fourth-order valence-corrected chi connectivity index (χ4v) is 4.06. The molecule has 4 rings (SSSR count). The van der Waals surface area contributed by atoms with Crippen LogP contribution in [0.2, 0.25) is 0 Å². The van der Waals surface area contributed by atoms with Crippen LogP contribution in [0.1, 0.15) is 24.2 Å². The van der Waals surface area contributed by atoms with Crippen molar-refractivity contribution in [2.24, 2.45) is 5.73 Å². The number of carbonyl (C=O) groups is 1. The van der Waals surface area contributed by atoms with Gasteiger partial charge in [-0.3, -0.25) is 19.1 Å². The van der Waals surface area contributed by atoms with Crippen molar-refractivity contribution in [2.45, 2.75) is 24.0 Å². The van der Waals surface area contributed by atoms with E-state index in [2.05, 4.69) is 20.5 Å². The molecule has 28 heavy (non-hydrogen) atoms. The molecule has 1 unspecified atom stereocenters. The minimum absolute atomic E-state index is 0.00906. The SMILES string of the molecule is CC(C)S(=O)c1ccc2nccc(Nc3cc4[nH]ncc4cc3C(N)=O)c2c1. The van der Waals surface area contributed by atoms with Gasteiger partial charge >= 0.3 is 0 Å². The van der Waals surface area contributed by atoms with Gasteiger partial charge in [-0.2, -0.15) is 5.10 Å². The van der Waals surface area contributed by atoms with Gasteiger partial charge in [0.25, 0.3) is 5.91 Å². The standard InChI is InChI=1S/C20H19N5O2S/c1-11(2)28(27)13-3-4-16-14(8-13)17(5-6-22-16)24-19-9-18-12(10-23-25-18)7-15(19)20(21)26/h3-11H,1-2H3,(H2,21,26)(H,22,24)(H,23,25). The van der Waals surface area contributed by atoms with E-state index in [1.54, 1.807) is 24.5 Å². The number of rotatable bonds is 5. The number of aromatic amines is 1. The molecule has 142 valence electrons. The van der Waals surface area contributed by atoms with Crippen LogP contribution >= 0.6 is 0 Å². The molecule has 2 aromatic carbocycles. The Balaban J connectivity index is 1.84. The summed E-state index contributed by atoms with van der Waals surface area (Å²) < 4.78 is 12.5. The van der Waals surface area contributed by atoms with E-state index < -0.39 is 16.7 Å². The molecule has 7 nitrogen and oxygen atoms in total. The van der Waals surface area contributed by atoms with Crippen LogP contribution in [0.5, 0.6) is 0 Å². The number of nitrogens with one attached hydrogen (secondary N) is 2. The number of benzene rings is 2. The molecule has 4 aromatic rings. The van der Waals surface area contributed by atoms with Crippen LogP contribution in [0.15, 0.2) is 53.7 Å². The zero-order chi connectivity index (χ0) is 19.8. The molecular formula is C20H19N5O2S. The van der Waals surface area contributed by atoms with Crippen molar-refractivity contribution in [3.8, 4) is 0 Å². The number of aromatic nitrogens is 3. The van der Waals surface area contributed by atoms with E-state index in [-0.39, 0.29) is 5.25 Å². The molecule has 0 aliphatic heterocycles. The van der Waals surface area contributed by atoms with Crippen LogP contribution in [-0.2, 0) is 10.8 Å². The Labute approximate surface area is 163 Å². The summed E-state index contributed by atoms with van der Waals surface area (Å²) in [5.41, 5.74) is 8.79. The zero-order valence-electron chi connectivity index (χ0n) is 15.4. The van der Waals surface area contributed by atoms with Crippen LogP contribution in [0.3, 0.4) is 0 Å². The monoisotopic (exact) mass is 393 g/mol. The normalized spacial score (nSPS) is 12.5. The summed E-state index contributed by atoms with van der Waals surface area (Å²) >= 11 is 0. The third-order valence-corrected chi connectivity index (χ3v) is 6.06. The number of amides is 1. The van der Waals surface area contributed by atoms with Crippen molar-refractivity contribution in [2.75, 3.05) is 5.32 Å². The number of hydrogen-bond acceptors (Lipinski definition) is 5. The second kappa shape index (κ2) is 7.05. The molecule has 0 aliphatic rings. The summed E-state index contributed by atoms with van der Waals surface area (Å²) in [4.78, 5) is 17.1. The molecule has 0 aliphatic carbocycles. The Morgan fingerprint density at radius 2 is 2.00 bits per heavy atom. The van der Waals surface area contributed by atoms with Crippen molar-refractivity contribution >= 4 is 49.9 Å². The second-order valence-corrected chi connectivity index (χ2v) is 8.74. The fourth-order valence-electron chi connectivity index (χ4n) is 3.08. The first kappa shape index (κ1) is 18.1. The summed E-state index contributed by atoms with van der Waals surface area (Å²) in [6.07, 6.45) is 3.32. The van der Waals surface area contributed by atoms with Crippen molar-refractivity contribution in [3.63, 3.8) is 0 Å². The lowest BCUT2D eigenvalue weighted by Gasteiger charge is -2.14. The number of pyridine rings is 1. The molecule has 2 aromatic heterocycles. The first-order valence-corrected chi connectivity index (χ1v) is 9.98. The highest BCUT2D eigenvalue weighted by Gasteiger charge is 2.14. The molecule has 2 heterocycles. The Hall–Kier alpha value is -3.26. The van der Waals surface area contributed by atoms with Crippen LogP contribution in [0, 0.1) is 0 Å². The highest BCUT2D eigenvalue weighted by molar-refractivity contribution is 7.85. The number of fused-ring (bicyclic) bond motifs is 2. The maximum atomic E-state index is 12.5. The molecule has 0 saturated carbocycles. The van der Waals surface area contributed by atoms with Crippen LogP contribution in [0.25, 0.3) is 21.8 Å². The van der Waals surface area contributed by atoms with E-state index in [0.717, 1.165) is 32.4 Å². The Morgan fingerprint density at radius 1 is 1.18 bits per heavy atom. The average molecular weight is 393 g/mol. The number of nitrogens with two attached hydrogens (primary N) is 1. The topological polar surface area (TPSA) is 114 Å². The van der Waals surface area contributed by atoms with Gasteiger partial charge in [-0.25, -0.2) is 0 Å². The van der Waals surface area contributed by atoms with E-state index in [4.69, 9.17) is 5.73 Å². The molecule has 8 heteroatoms. The van der Waals surface area contributed by atoms with Gasteiger partial charge in [0.1, 0.15) is 0 Å². The lowest BCUT2D eigenvalue weighted by atomic mass is 10.1. The van der Waals surface area contributed by atoms with Gasteiger partial charge < -0.3 is 11.1 Å². The number of H-pyrrole nitrogens is 1. The number of carbonyl (C=O) groups excluding carboxylic acids is 1. The van der Waals surface area contributed by atoms with Gasteiger partial charge in [0, 0.05) is 32.8 Å². The quantitative estimate of drug-likeness (QED) is 0.480. The second-order valence-electron chi connectivity index (χ2n) is 6.73. The summed E-state index contributed by atoms with van der Waals surface area (Å²) in [5, 5.41) is 11.8. The van der Waals surface area contributed by atoms with Gasteiger partial charge in [0.05, 0.1) is 39.3 Å². The molecule has 0 spiro atoms. The Morgan fingerprint density at radius 3 is 2.75 bits per heavy atom. The van der Waals surface area contributed by atoms with Gasteiger partial charge in [-0.05, 0) is 36.4 Å². The maximum Gasteiger partial charge on any atom is 0.250 e. The predicted octanol–water partition coefficient (Wildman–Crippen LogP) is 3.47. The first-order chi connectivity index (χ1) is 13.4. The summed E-state index contributed by atoms with van der Waals surface area (Å²) in [7, 11) is -1.11. The molecule has 0 fully saturated rings. The summed E-state index contributed by atoms with van der Waals surface area (Å²) in [6.45, 7) is 3.84. The van der Waals surface area contributed by atoms with E-state index in [0.29, 0.717) is 11.3 Å². The smallest absolute Gasteiger partial charge is 0.250 e. The van der Waals surface area contributed by atoms with Gasteiger partial charge in [-0.1, -0.05) is 13.8 Å². The van der Waals surface area contributed by atoms with E-state index >= 15 is 0 Å². The van der Waals surface area contributed by atoms with Crippen molar-refractivity contribution in [1.29, 1.82) is 0 Å². The summed E-state index contributed by atoms with van der Waals surface area (Å²) in [6, 6.07) is 10.9. The van der Waals surface area contributed by atoms with Crippen LogP contribution < -0.4 is 11.1 Å². The fraction of sp³-hybridized carbons (Fsp3) is 0.150. The highest BCUT2D eigenvalue weighted by atomic mass is 32.2. The minimum Gasteiger partial charge on any atom is -0.366 e. The first-order valence-electron chi connectivity index (χ1n) is 8.77.